The summed E-state index contributed by atoms with van der Waals surface area (Å²) in [6.07, 6.45) is -0.644. The standard InChI is InChI=1S/C17H22BNO6/c1-16(2)17(3,4)25-18(24-16)13-14(20)23-11-19(13)15(21)22-10-12-8-6-5-7-9-12/h5-9,13H,10-11H2,1-4H3/t13-/m1/s1. The second kappa shape index (κ2) is 6.35. The van der Waals surface area contributed by atoms with Crippen LogP contribution in [0.15, 0.2) is 30.3 Å². The van der Waals surface area contributed by atoms with E-state index < -0.39 is 36.3 Å². The van der Waals surface area contributed by atoms with Crippen molar-refractivity contribution in [2.24, 2.45) is 0 Å². The summed E-state index contributed by atoms with van der Waals surface area (Å²) in [4.78, 5) is 25.8. The van der Waals surface area contributed by atoms with E-state index >= 15 is 0 Å². The van der Waals surface area contributed by atoms with Crippen molar-refractivity contribution in [3.05, 3.63) is 35.9 Å². The van der Waals surface area contributed by atoms with Crippen LogP contribution in [0.1, 0.15) is 33.3 Å². The molecule has 0 spiro atoms. The van der Waals surface area contributed by atoms with Gasteiger partial charge in [-0.05, 0) is 33.3 Å². The summed E-state index contributed by atoms with van der Waals surface area (Å²) in [5.41, 5.74) is -0.366. The molecule has 3 rings (SSSR count). The van der Waals surface area contributed by atoms with Gasteiger partial charge in [-0.2, -0.15) is 0 Å². The molecule has 0 aromatic heterocycles. The van der Waals surface area contributed by atoms with Crippen LogP contribution in [0.4, 0.5) is 4.79 Å². The van der Waals surface area contributed by atoms with Crippen LogP contribution in [-0.2, 0) is 30.2 Å². The van der Waals surface area contributed by atoms with Crippen LogP contribution < -0.4 is 0 Å². The maximum absolute atomic E-state index is 12.4. The number of carbonyl (C=O) groups is 2. The molecular weight excluding hydrogens is 325 g/mol. The van der Waals surface area contributed by atoms with Crippen molar-refractivity contribution in [2.75, 3.05) is 6.73 Å². The minimum atomic E-state index is -0.982. The molecule has 2 aliphatic heterocycles. The van der Waals surface area contributed by atoms with Crippen molar-refractivity contribution in [3.8, 4) is 0 Å². The molecule has 2 saturated heterocycles. The third-order valence-electron chi connectivity index (χ3n) is 4.89. The van der Waals surface area contributed by atoms with Gasteiger partial charge in [0.1, 0.15) is 6.61 Å². The zero-order valence-electron chi connectivity index (χ0n) is 14.9. The number of carbonyl (C=O) groups excluding carboxylic acids is 2. The van der Waals surface area contributed by atoms with E-state index in [2.05, 4.69) is 0 Å². The van der Waals surface area contributed by atoms with Crippen molar-refractivity contribution >= 4 is 19.2 Å². The fourth-order valence-electron chi connectivity index (χ4n) is 2.67. The average Bonchev–Trinajstić information content (AvgIpc) is 3.03. The highest BCUT2D eigenvalue weighted by Gasteiger charge is 2.60. The Labute approximate surface area is 147 Å². The van der Waals surface area contributed by atoms with Gasteiger partial charge in [-0.15, -0.1) is 0 Å². The first-order chi connectivity index (χ1) is 11.7. The minimum Gasteiger partial charge on any atom is -0.444 e. The van der Waals surface area contributed by atoms with Crippen molar-refractivity contribution in [2.45, 2.75) is 51.4 Å². The summed E-state index contributed by atoms with van der Waals surface area (Å²) >= 11 is 0. The van der Waals surface area contributed by atoms with E-state index in [4.69, 9.17) is 18.8 Å². The summed E-state index contributed by atoms with van der Waals surface area (Å²) in [6.45, 7) is 7.45. The highest BCUT2D eigenvalue weighted by atomic mass is 16.7. The number of hydrogen-bond acceptors (Lipinski definition) is 6. The lowest BCUT2D eigenvalue weighted by atomic mass is 9.78. The topological polar surface area (TPSA) is 74.3 Å². The largest absolute Gasteiger partial charge is 0.494 e. The molecule has 1 amide bonds. The first-order valence-corrected chi connectivity index (χ1v) is 8.21. The van der Waals surface area contributed by atoms with Crippen molar-refractivity contribution in [3.63, 3.8) is 0 Å². The normalized spacial score (nSPS) is 24.3. The Morgan fingerprint density at radius 3 is 2.40 bits per heavy atom. The predicted molar refractivity (Wildman–Crippen MR) is 89.3 cm³/mol. The van der Waals surface area contributed by atoms with Crippen LogP contribution in [0, 0.1) is 0 Å². The number of rotatable bonds is 3. The highest BCUT2D eigenvalue weighted by molar-refractivity contribution is 6.53. The Morgan fingerprint density at radius 2 is 1.80 bits per heavy atom. The molecule has 1 aromatic carbocycles. The smallest absolute Gasteiger partial charge is 0.444 e. The molecule has 1 atom stereocenters. The van der Waals surface area contributed by atoms with Gasteiger partial charge in [0.2, 0.25) is 0 Å². The highest BCUT2D eigenvalue weighted by Crippen LogP contribution is 2.39. The van der Waals surface area contributed by atoms with Crippen LogP contribution in [0.2, 0.25) is 0 Å². The van der Waals surface area contributed by atoms with Gasteiger partial charge in [0.05, 0.1) is 11.2 Å². The van der Waals surface area contributed by atoms with Gasteiger partial charge < -0.3 is 18.8 Å². The summed E-state index contributed by atoms with van der Waals surface area (Å²) in [5.74, 6) is -1.54. The molecule has 0 N–H and O–H groups in total. The molecule has 0 aliphatic carbocycles. The van der Waals surface area contributed by atoms with Gasteiger partial charge in [-0.3, -0.25) is 9.69 Å². The Morgan fingerprint density at radius 1 is 1.20 bits per heavy atom. The third kappa shape index (κ3) is 3.36. The van der Waals surface area contributed by atoms with Gasteiger partial charge in [-0.25, -0.2) is 4.79 Å². The number of benzene rings is 1. The molecule has 0 bridgehead atoms. The molecule has 7 nitrogen and oxygen atoms in total. The van der Waals surface area contributed by atoms with Gasteiger partial charge in [0.25, 0.3) is 0 Å². The second-order valence-electron chi connectivity index (χ2n) is 7.17. The van der Waals surface area contributed by atoms with Gasteiger partial charge in [0, 0.05) is 0 Å². The maximum Gasteiger partial charge on any atom is 0.494 e. The summed E-state index contributed by atoms with van der Waals surface area (Å²) < 4.78 is 22.1. The SMILES string of the molecule is CC1(C)OB([C@H]2C(=O)OCN2C(=O)OCc2ccccc2)OC1(C)C. The number of hydrogen-bond donors (Lipinski definition) is 0. The van der Waals surface area contributed by atoms with Gasteiger partial charge in [-0.1, -0.05) is 30.3 Å². The van der Waals surface area contributed by atoms with E-state index in [1.54, 1.807) is 0 Å². The van der Waals surface area contributed by atoms with Crippen LogP contribution in [0.25, 0.3) is 0 Å². The molecule has 134 valence electrons. The monoisotopic (exact) mass is 347 g/mol. The number of esters is 1. The Bertz CT molecular complexity index is 646. The minimum absolute atomic E-state index is 0.112. The number of nitrogens with zero attached hydrogens (tertiary/aromatic N) is 1. The second-order valence-corrected chi connectivity index (χ2v) is 7.17. The first kappa shape index (κ1) is 17.8. The van der Waals surface area contributed by atoms with Crippen LogP contribution >= 0.6 is 0 Å². The van der Waals surface area contributed by atoms with Crippen molar-refractivity contribution < 1.29 is 28.4 Å². The van der Waals surface area contributed by atoms with Crippen molar-refractivity contribution in [1.82, 2.24) is 4.90 Å². The number of cyclic esters (lactones) is 1. The van der Waals surface area contributed by atoms with Crippen LogP contribution in [0.5, 0.6) is 0 Å². The molecule has 25 heavy (non-hydrogen) atoms. The third-order valence-corrected chi connectivity index (χ3v) is 4.89. The quantitative estimate of drug-likeness (QED) is 0.616. The van der Waals surface area contributed by atoms with Crippen LogP contribution in [-0.4, -0.2) is 48.0 Å². The molecule has 2 heterocycles. The zero-order valence-corrected chi connectivity index (χ0v) is 14.9. The molecular formula is C17H22BNO6. The lowest BCUT2D eigenvalue weighted by Gasteiger charge is -2.32. The first-order valence-electron chi connectivity index (χ1n) is 8.21. The lowest BCUT2D eigenvalue weighted by molar-refractivity contribution is -0.138. The molecule has 2 aliphatic rings. The zero-order chi connectivity index (χ0) is 18.2. The molecule has 0 unspecified atom stereocenters. The summed E-state index contributed by atoms with van der Waals surface area (Å²) in [5, 5.41) is 0. The molecule has 2 fully saturated rings. The molecule has 1 aromatic rings. The van der Waals surface area contributed by atoms with E-state index in [1.807, 2.05) is 58.0 Å². The predicted octanol–water partition coefficient (Wildman–Crippen LogP) is 2.14. The van der Waals surface area contributed by atoms with E-state index in [1.165, 1.54) is 4.90 Å². The Hall–Kier alpha value is -2.06. The van der Waals surface area contributed by atoms with E-state index in [0.29, 0.717) is 0 Å². The Kier molecular flexibility index (Phi) is 4.51. The fraction of sp³-hybridized carbons (Fsp3) is 0.529. The van der Waals surface area contributed by atoms with Gasteiger partial charge in [0.15, 0.2) is 12.7 Å². The van der Waals surface area contributed by atoms with E-state index in [9.17, 15) is 9.59 Å². The van der Waals surface area contributed by atoms with E-state index in [0.717, 1.165) is 5.56 Å². The number of amides is 1. The van der Waals surface area contributed by atoms with Crippen LogP contribution in [0.3, 0.4) is 0 Å². The summed E-state index contributed by atoms with van der Waals surface area (Å²) in [7, 11) is -0.899. The van der Waals surface area contributed by atoms with Crippen molar-refractivity contribution in [1.29, 1.82) is 0 Å². The fourth-order valence-corrected chi connectivity index (χ4v) is 2.67. The lowest BCUT2D eigenvalue weighted by Crippen LogP contribution is -2.50. The molecule has 0 saturated carbocycles. The maximum atomic E-state index is 12.4. The molecule has 0 radical (unpaired) electrons. The molecule has 8 heteroatoms. The average molecular weight is 347 g/mol. The summed E-state index contributed by atoms with van der Waals surface area (Å²) in [6, 6.07) is 9.31. The number of ether oxygens (including phenoxy) is 2. The van der Waals surface area contributed by atoms with E-state index in [-0.39, 0.29) is 13.3 Å². The van der Waals surface area contributed by atoms with Gasteiger partial charge >= 0.3 is 19.2 Å². The Balaban J connectivity index is 1.69.